The molecule has 1 unspecified atom stereocenters. The summed E-state index contributed by atoms with van der Waals surface area (Å²) in [4.78, 5) is 5.52. The summed E-state index contributed by atoms with van der Waals surface area (Å²) in [5.41, 5.74) is 5.54. The van der Waals surface area contributed by atoms with E-state index in [2.05, 4.69) is 10.3 Å². The van der Waals surface area contributed by atoms with Crippen molar-refractivity contribution >= 4 is 5.96 Å². The Morgan fingerprint density at radius 3 is 2.82 bits per heavy atom. The van der Waals surface area contributed by atoms with E-state index in [0.717, 1.165) is 6.42 Å². The Morgan fingerprint density at radius 2 is 2.24 bits per heavy atom. The van der Waals surface area contributed by atoms with Gasteiger partial charge in [0.1, 0.15) is 0 Å². The molecule has 0 aromatic heterocycles. The molecule has 0 aliphatic carbocycles. The molecule has 1 saturated heterocycles. The summed E-state index contributed by atoms with van der Waals surface area (Å²) in [6.07, 6.45) is -3.36. The molecule has 1 aliphatic heterocycles. The molecule has 3 N–H and O–H groups in total. The summed E-state index contributed by atoms with van der Waals surface area (Å²) in [6, 6.07) is 0. The molecule has 7 heteroatoms. The normalized spacial score (nSPS) is 23.1. The monoisotopic (exact) mass is 252 g/mol. The topological polar surface area (TPSA) is 53.6 Å². The molecule has 0 saturated carbocycles. The zero-order chi connectivity index (χ0) is 12.9. The highest BCUT2D eigenvalue weighted by Crippen LogP contribution is 2.22. The van der Waals surface area contributed by atoms with E-state index in [0.29, 0.717) is 32.1 Å². The first kappa shape index (κ1) is 14.1. The third-order valence-electron chi connectivity index (χ3n) is 2.65. The average molecular weight is 252 g/mol. The minimum atomic E-state index is -4.11. The first-order valence-electron chi connectivity index (χ1n) is 5.73. The van der Waals surface area contributed by atoms with Gasteiger partial charge in [-0.05, 0) is 25.8 Å². The Balaban J connectivity index is 2.29. The minimum Gasteiger partial charge on any atom is -0.370 e. The van der Waals surface area contributed by atoms with Crippen molar-refractivity contribution in [2.75, 3.05) is 32.7 Å². The Labute approximate surface area is 99.1 Å². The number of aliphatic imine (C=N–C) groups is 1. The predicted molar refractivity (Wildman–Crippen MR) is 60.8 cm³/mol. The maximum absolute atomic E-state index is 12.1. The van der Waals surface area contributed by atoms with Crippen LogP contribution in [0.1, 0.15) is 13.3 Å². The Hall–Kier alpha value is -0.980. The molecular formula is C10H19F3N4. The third-order valence-corrected chi connectivity index (χ3v) is 2.65. The van der Waals surface area contributed by atoms with E-state index >= 15 is 0 Å². The summed E-state index contributed by atoms with van der Waals surface area (Å²) in [5, 5.41) is 2.85. The first-order chi connectivity index (χ1) is 7.90. The summed E-state index contributed by atoms with van der Waals surface area (Å²) < 4.78 is 36.4. The van der Waals surface area contributed by atoms with Crippen LogP contribution in [-0.4, -0.2) is 49.8 Å². The summed E-state index contributed by atoms with van der Waals surface area (Å²) >= 11 is 0. The molecular weight excluding hydrogens is 233 g/mol. The number of likely N-dealkylation sites (tertiary alicyclic amines) is 1. The van der Waals surface area contributed by atoms with Gasteiger partial charge in [-0.3, -0.25) is 9.89 Å². The number of guanidine groups is 1. The van der Waals surface area contributed by atoms with Gasteiger partial charge in [-0.2, -0.15) is 13.2 Å². The van der Waals surface area contributed by atoms with Crippen molar-refractivity contribution in [1.29, 1.82) is 0 Å². The van der Waals surface area contributed by atoms with Gasteiger partial charge in [0.2, 0.25) is 0 Å². The molecule has 17 heavy (non-hydrogen) atoms. The highest BCUT2D eigenvalue weighted by molar-refractivity contribution is 5.77. The highest BCUT2D eigenvalue weighted by Gasteiger charge is 2.34. The lowest BCUT2D eigenvalue weighted by Gasteiger charge is -2.17. The van der Waals surface area contributed by atoms with Crippen LogP contribution in [0, 0.1) is 5.92 Å². The predicted octanol–water partition coefficient (Wildman–Crippen LogP) is 0.795. The quantitative estimate of drug-likeness (QED) is 0.574. The number of hydrogen-bond donors (Lipinski definition) is 2. The van der Waals surface area contributed by atoms with Gasteiger partial charge in [0, 0.05) is 19.6 Å². The van der Waals surface area contributed by atoms with Crippen LogP contribution in [0.2, 0.25) is 0 Å². The van der Waals surface area contributed by atoms with Crippen LogP contribution in [0.25, 0.3) is 0 Å². The fraction of sp³-hybridized carbons (Fsp3) is 0.900. The summed E-state index contributed by atoms with van der Waals surface area (Å²) in [6.45, 7) is 3.20. The molecule has 4 nitrogen and oxygen atoms in total. The number of nitrogens with one attached hydrogen (secondary N) is 1. The second-order valence-electron chi connectivity index (χ2n) is 4.26. The van der Waals surface area contributed by atoms with Crippen LogP contribution in [0.3, 0.4) is 0 Å². The van der Waals surface area contributed by atoms with Crippen molar-refractivity contribution in [2.24, 2.45) is 16.6 Å². The van der Waals surface area contributed by atoms with Crippen LogP contribution in [0.5, 0.6) is 0 Å². The largest absolute Gasteiger partial charge is 0.401 e. The molecule has 1 rings (SSSR count). The smallest absolute Gasteiger partial charge is 0.370 e. The molecule has 1 atom stereocenters. The molecule has 1 aliphatic rings. The summed E-state index contributed by atoms with van der Waals surface area (Å²) in [5.74, 6) is 0.538. The second-order valence-corrected chi connectivity index (χ2v) is 4.26. The third kappa shape index (κ3) is 5.76. The zero-order valence-electron chi connectivity index (χ0n) is 9.93. The number of halogens is 3. The fourth-order valence-electron chi connectivity index (χ4n) is 1.92. The lowest BCUT2D eigenvalue weighted by molar-refractivity contribution is -0.143. The molecule has 0 bridgehead atoms. The van der Waals surface area contributed by atoms with Crippen molar-refractivity contribution in [2.45, 2.75) is 19.5 Å². The lowest BCUT2D eigenvalue weighted by Crippen LogP contribution is -2.33. The number of hydrogen-bond acceptors (Lipinski definition) is 2. The molecule has 0 spiro atoms. The minimum absolute atomic E-state index is 0.176. The summed E-state index contributed by atoms with van der Waals surface area (Å²) in [7, 11) is 0. The van der Waals surface area contributed by atoms with E-state index in [4.69, 9.17) is 5.73 Å². The van der Waals surface area contributed by atoms with Gasteiger partial charge < -0.3 is 11.1 Å². The SMILES string of the molecule is CCNC(N)=NCC1CCN(CC(F)(F)F)C1. The van der Waals surface area contributed by atoms with Gasteiger partial charge in [0.25, 0.3) is 0 Å². The van der Waals surface area contributed by atoms with Gasteiger partial charge >= 0.3 is 6.18 Å². The van der Waals surface area contributed by atoms with E-state index in [-0.39, 0.29) is 5.92 Å². The number of alkyl halides is 3. The van der Waals surface area contributed by atoms with Crippen molar-refractivity contribution < 1.29 is 13.2 Å². The molecule has 0 aromatic carbocycles. The average Bonchev–Trinajstić information content (AvgIpc) is 2.60. The fourth-order valence-corrected chi connectivity index (χ4v) is 1.92. The van der Waals surface area contributed by atoms with E-state index in [1.54, 1.807) is 0 Å². The molecule has 1 fully saturated rings. The molecule has 1 heterocycles. The Kier molecular flexibility index (Phi) is 5.04. The molecule has 0 radical (unpaired) electrons. The molecule has 100 valence electrons. The van der Waals surface area contributed by atoms with Gasteiger partial charge in [0.15, 0.2) is 5.96 Å². The van der Waals surface area contributed by atoms with Gasteiger partial charge in [-0.1, -0.05) is 0 Å². The van der Waals surface area contributed by atoms with Crippen LogP contribution < -0.4 is 11.1 Å². The van der Waals surface area contributed by atoms with Crippen LogP contribution in [0.4, 0.5) is 13.2 Å². The van der Waals surface area contributed by atoms with Gasteiger partial charge in [0.05, 0.1) is 6.54 Å². The number of rotatable bonds is 4. The Bertz CT molecular complexity index is 265. The van der Waals surface area contributed by atoms with Crippen LogP contribution in [-0.2, 0) is 0 Å². The van der Waals surface area contributed by atoms with E-state index < -0.39 is 12.7 Å². The van der Waals surface area contributed by atoms with Crippen molar-refractivity contribution in [3.05, 3.63) is 0 Å². The lowest BCUT2D eigenvalue weighted by atomic mass is 10.1. The van der Waals surface area contributed by atoms with Crippen molar-refractivity contribution in [1.82, 2.24) is 10.2 Å². The zero-order valence-corrected chi connectivity index (χ0v) is 9.93. The van der Waals surface area contributed by atoms with E-state index in [9.17, 15) is 13.2 Å². The van der Waals surface area contributed by atoms with Crippen LogP contribution in [0.15, 0.2) is 4.99 Å². The van der Waals surface area contributed by atoms with Gasteiger partial charge in [-0.25, -0.2) is 0 Å². The number of nitrogens with zero attached hydrogens (tertiary/aromatic N) is 2. The maximum atomic E-state index is 12.1. The Morgan fingerprint density at radius 1 is 1.53 bits per heavy atom. The second kappa shape index (κ2) is 6.09. The highest BCUT2D eigenvalue weighted by atomic mass is 19.4. The van der Waals surface area contributed by atoms with Crippen molar-refractivity contribution in [3.8, 4) is 0 Å². The number of nitrogens with two attached hydrogens (primary N) is 1. The van der Waals surface area contributed by atoms with Gasteiger partial charge in [-0.15, -0.1) is 0 Å². The maximum Gasteiger partial charge on any atom is 0.401 e. The van der Waals surface area contributed by atoms with Crippen molar-refractivity contribution in [3.63, 3.8) is 0 Å². The molecule has 0 aromatic rings. The molecule has 0 amide bonds. The first-order valence-corrected chi connectivity index (χ1v) is 5.73. The van der Waals surface area contributed by atoms with E-state index in [1.807, 2.05) is 6.92 Å². The van der Waals surface area contributed by atoms with Crippen LogP contribution >= 0.6 is 0 Å². The standard InChI is InChI=1S/C10H19F3N4/c1-2-15-9(14)16-5-8-3-4-17(6-8)7-10(11,12)13/h8H,2-7H2,1H3,(H3,14,15,16). The van der Waals surface area contributed by atoms with E-state index in [1.165, 1.54) is 4.90 Å².